The summed E-state index contributed by atoms with van der Waals surface area (Å²) >= 11 is 3.13. The van der Waals surface area contributed by atoms with Crippen LogP contribution in [0.2, 0.25) is 0 Å². The van der Waals surface area contributed by atoms with E-state index in [1.54, 1.807) is 24.3 Å². The molecule has 2 amide bonds. The van der Waals surface area contributed by atoms with Crippen molar-refractivity contribution in [3.8, 4) is 0 Å². The summed E-state index contributed by atoms with van der Waals surface area (Å²) in [6.07, 6.45) is 6.24. The average Bonchev–Trinajstić information content (AvgIpc) is 3.23. The standard InChI is InChI=1S/C26H27BrF2N4O2/c1-33-12-9-26(10-13-33,32-24(34)7-3-17-2-5-22(29)21(27)14-17)25(35)30-11-8-18-16-31-23-6-4-19(28)15-20(18)23/h2-7,14-16,31H,8-13H2,1H3,(H,30,35)(H,32,34). The van der Waals surface area contributed by atoms with E-state index in [9.17, 15) is 18.4 Å². The quantitative estimate of drug-likeness (QED) is 0.391. The van der Waals surface area contributed by atoms with E-state index < -0.39 is 11.4 Å². The minimum atomic E-state index is -1.02. The number of carbonyl (C=O) groups excluding carboxylic acids is 2. The molecule has 2 aromatic carbocycles. The summed E-state index contributed by atoms with van der Waals surface area (Å²) in [5.41, 5.74) is 1.38. The van der Waals surface area contributed by atoms with Gasteiger partial charge in [-0.05, 0) is 89.8 Å². The average molecular weight is 545 g/mol. The summed E-state index contributed by atoms with van der Waals surface area (Å²) in [4.78, 5) is 31.3. The Morgan fingerprint density at radius 3 is 2.69 bits per heavy atom. The van der Waals surface area contributed by atoms with Gasteiger partial charge < -0.3 is 20.5 Å². The van der Waals surface area contributed by atoms with Gasteiger partial charge in [-0.15, -0.1) is 0 Å². The van der Waals surface area contributed by atoms with Gasteiger partial charge in [-0.3, -0.25) is 9.59 Å². The molecule has 6 nitrogen and oxygen atoms in total. The molecule has 1 aliphatic rings. The summed E-state index contributed by atoms with van der Waals surface area (Å²) in [5.74, 6) is -1.32. The molecule has 1 aliphatic heterocycles. The first-order valence-electron chi connectivity index (χ1n) is 11.4. The molecule has 2 heterocycles. The molecular weight excluding hydrogens is 518 g/mol. The Morgan fingerprint density at radius 1 is 1.17 bits per heavy atom. The second-order valence-corrected chi connectivity index (χ2v) is 9.75. The number of rotatable bonds is 7. The summed E-state index contributed by atoms with van der Waals surface area (Å²) < 4.78 is 27.4. The van der Waals surface area contributed by atoms with E-state index in [1.165, 1.54) is 24.3 Å². The number of benzene rings is 2. The molecule has 0 atom stereocenters. The monoisotopic (exact) mass is 544 g/mol. The third-order valence-corrected chi connectivity index (χ3v) is 7.03. The molecule has 1 saturated heterocycles. The third-order valence-electron chi connectivity index (χ3n) is 6.42. The second-order valence-electron chi connectivity index (χ2n) is 8.89. The minimum absolute atomic E-state index is 0.233. The van der Waals surface area contributed by atoms with Crippen molar-refractivity contribution >= 4 is 44.7 Å². The fourth-order valence-electron chi connectivity index (χ4n) is 4.31. The zero-order chi connectivity index (χ0) is 25.0. The van der Waals surface area contributed by atoms with Crippen molar-refractivity contribution in [1.29, 1.82) is 0 Å². The first-order chi connectivity index (χ1) is 16.8. The number of carbonyl (C=O) groups is 2. The van der Waals surface area contributed by atoms with Crippen LogP contribution in [0.1, 0.15) is 24.0 Å². The Bertz CT molecular complexity index is 1270. The van der Waals surface area contributed by atoms with Gasteiger partial charge in [0.25, 0.3) is 0 Å². The molecule has 184 valence electrons. The van der Waals surface area contributed by atoms with Crippen LogP contribution in [0.5, 0.6) is 0 Å². The fraction of sp³-hybridized carbons (Fsp3) is 0.308. The molecule has 35 heavy (non-hydrogen) atoms. The van der Waals surface area contributed by atoms with Gasteiger partial charge in [-0.25, -0.2) is 8.78 Å². The number of aromatic nitrogens is 1. The molecule has 1 aromatic heterocycles. The molecule has 0 radical (unpaired) electrons. The van der Waals surface area contributed by atoms with Gasteiger partial charge >= 0.3 is 0 Å². The summed E-state index contributed by atoms with van der Waals surface area (Å²) in [6.45, 7) is 1.70. The summed E-state index contributed by atoms with van der Waals surface area (Å²) in [6, 6.07) is 9.03. The van der Waals surface area contributed by atoms with Crippen molar-refractivity contribution in [1.82, 2.24) is 20.5 Å². The molecule has 3 aromatic rings. The molecule has 9 heteroatoms. The van der Waals surface area contributed by atoms with Crippen LogP contribution in [-0.4, -0.2) is 53.9 Å². The molecule has 1 fully saturated rings. The van der Waals surface area contributed by atoms with Crippen molar-refractivity contribution < 1.29 is 18.4 Å². The molecule has 0 spiro atoms. The summed E-state index contributed by atoms with van der Waals surface area (Å²) in [7, 11) is 1.98. The fourth-order valence-corrected chi connectivity index (χ4v) is 4.71. The van der Waals surface area contributed by atoms with E-state index in [0.29, 0.717) is 48.9 Å². The highest BCUT2D eigenvalue weighted by molar-refractivity contribution is 9.10. The molecular formula is C26H27BrF2N4O2. The van der Waals surface area contributed by atoms with Crippen LogP contribution in [0.15, 0.2) is 53.1 Å². The van der Waals surface area contributed by atoms with Crippen LogP contribution in [0.25, 0.3) is 17.0 Å². The van der Waals surface area contributed by atoms with Crippen molar-refractivity contribution in [2.45, 2.75) is 24.8 Å². The van der Waals surface area contributed by atoms with Crippen molar-refractivity contribution in [2.75, 3.05) is 26.7 Å². The number of nitrogens with zero attached hydrogens (tertiary/aromatic N) is 1. The van der Waals surface area contributed by atoms with Crippen molar-refractivity contribution in [3.05, 3.63) is 75.9 Å². The highest BCUT2D eigenvalue weighted by Crippen LogP contribution is 2.23. The van der Waals surface area contributed by atoms with Gasteiger partial charge in [0.05, 0.1) is 4.47 Å². The lowest BCUT2D eigenvalue weighted by atomic mass is 9.86. The maximum Gasteiger partial charge on any atom is 0.245 e. The Balaban J connectivity index is 1.41. The molecule has 0 unspecified atom stereocenters. The Morgan fingerprint density at radius 2 is 1.94 bits per heavy atom. The number of piperidine rings is 1. The van der Waals surface area contributed by atoms with E-state index in [-0.39, 0.29) is 17.5 Å². The number of amides is 2. The third kappa shape index (κ3) is 5.97. The predicted octanol–water partition coefficient (Wildman–Crippen LogP) is 4.16. The van der Waals surface area contributed by atoms with Gasteiger partial charge in [0.2, 0.25) is 11.8 Å². The highest BCUT2D eigenvalue weighted by Gasteiger charge is 2.41. The normalized spacial score (nSPS) is 16.0. The van der Waals surface area contributed by atoms with Crippen molar-refractivity contribution in [3.63, 3.8) is 0 Å². The highest BCUT2D eigenvalue weighted by atomic mass is 79.9. The number of aromatic amines is 1. The number of likely N-dealkylation sites (tertiary alicyclic amines) is 1. The Hall–Kier alpha value is -3.04. The first-order valence-corrected chi connectivity index (χ1v) is 12.2. The van der Waals surface area contributed by atoms with Gasteiger partial charge in [-0.2, -0.15) is 0 Å². The lowest BCUT2D eigenvalue weighted by Crippen LogP contribution is -2.62. The van der Waals surface area contributed by atoms with Gasteiger partial charge in [-0.1, -0.05) is 6.07 Å². The molecule has 0 bridgehead atoms. The molecule has 4 rings (SSSR count). The lowest BCUT2D eigenvalue weighted by Gasteiger charge is -2.39. The SMILES string of the molecule is CN1CCC(NC(=O)C=Cc2ccc(F)c(Br)c2)(C(=O)NCCc2c[nH]c3ccc(F)cc23)CC1. The number of halogens is 3. The first kappa shape index (κ1) is 25.1. The molecule has 0 aliphatic carbocycles. The maximum absolute atomic E-state index is 13.6. The number of hydrogen-bond donors (Lipinski definition) is 3. The Labute approximate surface area is 210 Å². The van der Waals surface area contributed by atoms with E-state index in [1.807, 2.05) is 13.2 Å². The van der Waals surface area contributed by atoms with E-state index in [0.717, 1.165) is 16.5 Å². The van der Waals surface area contributed by atoms with Gasteiger partial charge in [0, 0.05) is 42.8 Å². The predicted molar refractivity (Wildman–Crippen MR) is 136 cm³/mol. The van der Waals surface area contributed by atoms with E-state index >= 15 is 0 Å². The second kappa shape index (κ2) is 10.7. The smallest absolute Gasteiger partial charge is 0.245 e. The number of nitrogens with one attached hydrogen (secondary N) is 3. The zero-order valence-electron chi connectivity index (χ0n) is 19.3. The van der Waals surface area contributed by atoms with Gasteiger partial charge in [0.1, 0.15) is 17.2 Å². The summed E-state index contributed by atoms with van der Waals surface area (Å²) in [5, 5.41) is 6.68. The van der Waals surface area contributed by atoms with Crippen LogP contribution in [0.4, 0.5) is 8.78 Å². The molecule has 3 N–H and O–H groups in total. The van der Waals surface area contributed by atoms with Crippen molar-refractivity contribution in [2.24, 2.45) is 0 Å². The van der Waals surface area contributed by atoms with Crippen LogP contribution in [-0.2, 0) is 16.0 Å². The largest absolute Gasteiger partial charge is 0.361 e. The Kier molecular flexibility index (Phi) is 7.66. The van der Waals surface area contributed by atoms with E-state index in [2.05, 4.69) is 36.4 Å². The van der Waals surface area contributed by atoms with E-state index in [4.69, 9.17) is 0 Å². The number of fused-ring (bicyclic) bond motifs is 1. The van der Waals surface area contributed by atoms with Crippen LogP contribution in [0.3, 0.4) is 0 Å². The van der Waals surface area contributed by atoms with Crippen LogP contribution < -0.4 is 10.6 Å². The maximum atomic E-state index is 13.6. The minimum Gasteiger partial charge on any atom is -0.361 e. The number of H-pyrrole nitrogens is 1. The molecule has 0 saturated carbocycles. The lowest BCUT2D eigenvalue weighted by molar-refractivity contribution is -0.134. The number of hydrogen-bond acceptors (Lipinski definition) is 3. The topological polar surface area (TPSA) is 77.2 Å². The van der Waals surface area contributed by atoms with Gasteiger partial charge in [0.15, 0.2) is 0 Å². The van der Waals surface area contributed by atoms with Crippen LogP contribution >= 0.6 is 15.9 Å². The zero-order valence-corrected chi connectivity index (χ0v) is 20.9. The van der Waals surface area contributed by atoms with Crippen LogP contribution in [0, 0.1) is 11.6 Å².